The molecule has 0 saturated heterocycles. The lowest BCUT2D eigenvalue weighted by molar-refractivity contribution is 0.501. The number of rotatable bonds is 3. The Bertz CT molecular complexity index is 406. The quantitative estimate of drug-likeness (QED) is 0.781. The first kappa shape index (κ1) is 11.2. The van der Waals surface area contributed by atoms with E-state index in [1.165, 1.54) is 32.1 Å². The average molecular weight is 217 g/mol. The predicted molar refractivity (Wildman–Crippen MR) is 62.9 cm³/mol. The molecule has 0 spiro atoms. The smallest absolute Gasteiger partial charge is 0.143 e. The van der Waals surface area contributed by atoms with Gasteiger partial charge in [-0.1, -0.05) is 25.7 Å². The van der Waals surface area contributed by atoms with Gasteiger partial charge in [-0.15, -0.1) is 0 Å². The van der Waals surface area contributed by atoms with E-state index in [1.807, 2.05) is 18.5 Å². The summed E-state index contributed by atoms with van der Waals surface area (Å²) in [5.41, 5.74) is 1.74. The molecule has 1 heterocycles. The standard InChI is InChI=1S/C13H19N3/c1-10-15-12(13(9-14)16(10)2)8-7-11-5-3-4-6-11/h11H,3-8H2,1-2H3. The molecule has 1 aromatic heterocycles. The van der Waals surface area contributed by atoms with Crippen molar-refractivity contribution in [2.45, 2.75) is 45.4 Å². The summed E-state index contributed by atoms with van der Waals surface area (Å²) < 4.78 is 1.89. The lowest BCUT2D eigenvalue weighted by Crippen LogP contribution is -1.99. The zero-order valence-corrected chi connectivity index (χ0v) is 10.2. The molecule has 0 aromatic carbocycles. The number of aryl methyl sites for hydroxylation is 2. The van der Waals surface area contributed by atoms with Crippen LogP contribution in [0.4, 0.5) is 0 Å². The summed E-state index contributed by atoms with van der Waals surface area (Å²) in [5.74, 6) is 1.81. The molecule has 0 bridgehead atoms. The molecule has 16 heavy (non-hydrogen) atoms. The van der Waals surface area contributed by atoms with Gasteiger partial charge in [0.15, 0.2) is 0 Å². The lowest BCUT2D eigenvalue weighted by Gasteiger charge is -2.06. The van der Waals surface area contributed by atoms with Gasteiger partial charge in [-0.3, -0.25) is 0 Å². The van der Waals surface area contributed by atoms with Gasteiger partial charge in [-0.05, 0) is 25.7 Å². The molecular formula is C13H19N3. The van der Waals surface area contributed by atoms with Crippen LogP contribution in [0.3, 0.4) is 0 Å². The summed E-state index contributed by atoms with van der Waals surface area (Å²) in [4.78, 5) is 4.48. The van der Waals surface area contributed by atoms with Crippen molar-refractivity contribution in [3.63, 3.8) is 0 Å². The number of nitrogens with zero attached hydrogens (tertiary/aromatic N) is 3. The van der Waals surface area contributed by atoms with Crippen molar-refractivity contribution in [1.29, 1.82) is 5.26 Å². The molecule has 2 rings (SSSR count). The van der Waals surface area contributed by atoms with Gasteiger partial charge < -0.3 is 4.57 Å². The van der Waals surface area contributed by atoms with Crippen molar-refractivity contribution < 1.29 is 0 Å². The van der Waals surface area contributed by atoms with E-state index in [1.54, 1.807) is 0 Å². The van der Waals surface area contributed by atoms with Gasteiger partial charge in [-0.2, -0.15) is 5.26 Å². The fraction of sp³-hybridized carbons (Fsp3) is 0.692. The Kier molecular flexibility index (Phi) is 3.28. The van der Waals surface area contributed by atoms with E-state index in [0.717, 1.165) is 29.6 Å². The largest absolute Gasteiger partial charge is 0.323 e. The molecule has 1 aliphatic carbocycles. The number of nitriles is 1. The molecule has 0 N–H and O–H groups in total. The Morgan fingerprint density at radius 2 is 2.12 bits per heavy atom. The zero-order chi connectivity index (χ0) is 11.5. The molecule has 1 fully saturated rings. The predicted octanol–water partition coefficient (Wildman–Crippen LogP) is 2.72. The molecule has 0 aliphatic heterocycles. The second-order valence-corrected chi connectivity index (χ2v) is 4.81. The number of hydrogen-bond acceptors (Lipinski definition) is 2. The van der Waals surface area contributed by atoms with E-state index in [-0.39, 0.29) is 0 Å². The first-order valence-electron chi connectivity index (χ1n) is 6.14. The first-order valence-corrected chi connectivity index (χ1v) is 6.14. The maximum atomic E-state index is 9.09. The Balaban J connectivity index is 2.03. The topological polar surface area (TPSA) is 41.6 Å². The fourth-order valence-electron chi connectivity index (χ4n) is 2.63. The molecule has 3 nitrogen and oxygen atoms in total. The van der Waals surface area contributed by atoms with E-state index in [9.17, 15) is 0 Å². The molecule has 0 atom stereocenters. The second kappa shape index (κ2) is 4.69. The van der Waals surface area contributed by atoms with E-state index < -0.39 is 0 Å². The number of aromatic nitrogens is 2. The Hall–Kier alpha value is -1.30. The Morgan fingerprint density at radius 3 is 2.75 bits per heavy atom. The van der Waals surface area contributed by atoms with Gasteiger partial charge in [0.25, 0.3) is 0 Å². The van der Waals surface area contributed by atoms with Gasteiger partial charge in [-0.25, -0.2) is 4.98 Å². The minimum absolute atomic E-state index is 0.746. The van der Waals surface area contributed by atoms with Gasteiger partial charge in [0.1, 0.15) is 17.6 Å². The highest BCUT2D eigenvalue weighted by molar-refractivity contribution is 5.29. The molecule has 1 aromatic rings. The summed E-state index contributed by atoms with van der Waals surface area (Å²) in [7, 11) is 1.92. The summed E-state index contributed by atoms with van der Waals surface area (Å²) in [6.45, 7) is 1.96. The van der Waals surface area contributed by atoms with E-state index in [0.29, 0.717) is 0 Å². The SMILES string of the molecule is Cc1nc(CCC2CCCC2)c(C#N)n1C. The van der Waals surface area contributed by atoms with Crippen molar-refractivity contribution in [3.05, 3.63) is 17.2 Å². The summed E-state index contributed by atoms with van der Waals surface area (Å²) in [6, 6.07) is 2.26. The van der Waals surface area contributed by atoms with Crippen LogP contribution in [0.1, 0.15) is 49.3 Å². The van der Waals surface area contributed by atoms with Crippen molar-refractivity contribution in [3.8, 4) is 6.07 Å². The normalized spacial score (nSPS) is 16.6. The van der Waals surface area contributed by atoms with Crippen LogP contribution in [0.5, 0.6) is 0 Å². The molecule has 0 unspecified atom stereocenters. The zero-order valence-electron chi connectivity index (χ0n) is 10.2. The van der Waals surface area contributed by atoms with Crippen molar-refractivity contribution in [2.75, 3.05) is 0 Å². The van der Waals surface area contributed by atoms with Crippen LogP contribution in [0.15, 0.2) is 0 Å². The highest BCUT2D eigenvalue weighted by atomic mass is 15.1. The minimum Gasteiger partial charge on any atom is -0.323 e. The van der Waals surface area contributed by atoms with Crippen molar-refractivity contribution in [1.82, 2.24) is 9.55 Å². The van der Waals surface area contributed by atoms with Crippen LogP contribution in [-0.2, 0) is 13.5 Å². The molecule has 1 aliphatic rings. The van der Waals surface area contributed by atoms with Gasteiger partial charge in [0, 0.05) is 7.05 Å². The van der Waals surface area contributed by atoms with Gasteiger partial charge >= 0.3 is 0 Å². The Morgan fingerprint density at radius 1 is 1.44 bits per heavy atom. The second-order valence-electron chi connectivity index (χ2n) is 4.81. The lowest BCUT2D eigenvalue weighted by atomic mass is 10.0. The Labute approximate surface area is 97.1 Å². The summed E-state index contributed by atoms with van der Waals surface area (Å²) >= 11 is 0. The third-order valence-electron chi connectivity index (χ3n) is 3.76. The van der Waals surface area contributed by atoms with Crippen LogP contribution in [0.2, 0.25) is 0 Å². The molecule has 1 saturated carbocycles. The maximum Gasteiger partial charge on any atom is 0.143 e. The van der Waals surface area contributed by atoms with E-state index >= 15 is 0 Å². The molecule has 3 heteroatoms. The van der Waals surface area contributed by atoms with Gasteiger partial charge in [0.05, 0.1) is 5.69 Å². The number of hydrogen-bond donors (Lipinski definition) is 0. The monoisotopic (exact) mass is 217 g/mol. The van der Waals surface area contributed by atoms with Crippen LogP contribution >= 0.6 is 0 Å². The van der Waals surface area contributed by atoms with Crippen molar-refractivity contribution in [2.24, 2.45) is 13.0 Å². The minimum atomic E-state index is 0.746. The van der Waals surface area contributed by atoms with Crippen LogP contribution in [-0.4, -0.2) is 9.55 Å². The summed E-state index contributed by atoms with van der Waals surface area (Å²) in [6.07, 6.45) is 7.68. The van der Waals surface area contributed by atoms with E-state index in [2.05, 4.69) is 11.1 Å². The van der Waals surface area contributed by atoms with Crippen LogP contribution < -0.4 is 0 Å². The molecule has 0 amide bonds. The third kappa shape index (κ3) is 2.11. The highest BCUT2D eigenvalue weighted by Gasteiger charge is 2.17. The first-order chi connectivity index (χ1) is 7.72. The third-order valence-corrected chi connectivity index (χ3v) is 3.76. The molecular weight excluding hydrogens is 198 g/mol. The van der Waals surface area contributed by atoms with Crippen molar-refractivity contribution >= 4 is 0 Å². The molecule has 0 radical (unpaired) electrons. The van der Waals surface area contributed by atoms with E-state index in [4.69, 9.17) is 5.26 Å². The highest BCUT2D eigenvalue weighted by Crippen LogP contribution is 2.28. The maximum absolute atomic E-state index is 9.09. The van der Waals surface area contributed by atoms with Crippen LogP contribution in [0, 0.1) is 24.2 Å². The summed E-state index contributed by atoms with van der Waals surface area (Å²) in [5, 5.41) is 9.09. The van der Waals surface area contributed by atoms with Gasteiger partial charge in [0.2, 0.25) is 0 Å². The number of imidazole rings is 1. The average Bonchev–Trinajstić information content (AvgIpc) is 2.86. The van der Waals surface area contributed by atoms with Crippen LogP contribution in [0.25, 0.3) is 0 Å². The fourth-order valence-corrected chi connectivity index (χ4v) is 2.63. The molecule has 86 valence electrons.